The van der Waals surface area contributed by atoms with Crippen LogP contribution >= 0.6 is 0 Å². The Morgan fingerprint density at radius 3 is 2.93 bits per heavy atom. The summed E-state index contributed by atoms with van der Waals surface area (Å²) in [5.74, 6) is 1.05. The number of pyridine rings is 1. The molecule has 0 unspecified atom stereocenters. The number of imidazole rings is 1. The number of aryl methyl sites for hydroxylation is 2. The van der Waals surface area contributed by atoms with Crippen LogP contribution in [0.4, 0.5) is 0 Å². The summed E-state index contributed by atoms with van der Waals surface area (Å²) in [7, 11) is 0. The third kappa shape index (κ3) is 1.88. The number of rotatable bonds is 3. The molecule has 0 aliphatic carbocycles. The van der Waals surface area contributed by atoms with E-state index in [-0.39, 0.29) is 0 Å². The molecule has 0 saturated carbocycles. The van der Waals surface area contributed by atoms with Crippen molar-refractivity contribution in [1.29, 1.82) is 0 Å². The third-order valence-electron chi connectivity index (χ3n) is 2.59. The Hall–Kier alpha value is -1.35. The monoisotopic (exact) mass is 203 g/mol. The molecule has 15 heavy (non-hydrogen) atoms. The van der Waals surface area contributed by atoms with E-state index >= 15 is 0 Å². The molecule has 0 radical (unpaired) electrons. The Morgan fingerprint density at radius 1 is 1.40 bits per heavy atom. The second-order valence-electron chi connectivity index (χ2n) is 3.85. The van der Waals surface area contributed by atoms with Gasteiger partial charge in [-0.25, -0.2) is 4.98 Å². The van der Waals surface area contributed by atoms with E-state index in [4.69, 9.17) is 0 Å². The lowest BCUT2D eigenvalue weighted by Gasteiger charge is -2.00. The van der Waals surface area contributed by atoms with Gasteiger partial charge in [0.25, 0.3) is 0 Å². The fourth-order valence-corrected chi connectivity index (χ4v) is 1.79. The molecule has 2 aromatic heterocycles. The lowest BCUT2D eigenvalue weighted by molar-refractivity contribution is 0.716. The van der Waals surface area contributed by atoms with Gasteiger partial charge in [0.05, 0.1) is 11.2 Å². The molecule has 0 atom stereocenters. The number of fused-ring (bicyclic) bond motifs is 1. The zero-order valence-corrected chi connectivity index (χ0v) is 9.54. The van der Waals surface area contributed by atoms with Crippen LogP contribution in [0.3, 0.4) is 0 Å². The molecule has 2 heterocycles. The van der Waals surface area contributed by atoms with Gasteiger partial charge in [-0.05, 0) is 38.1 Å². The van der Waals surface area contributed by atoms with Crippen LogP contribution in [0.2, 0.25) is 0 Å². The lowest BCUT2D eigenvalue weighted by Crippen LogP contribution is -2.12. The van der Waals surface area contributed by atoms with Crippen molar-refractivity contribution in [3.05, 3.63) is 35.4 Å². The van der Waals surface area contributed by atoms with Crippen LogP contribution in [0.25, 0.3) is 5.52 Å². The van der Waals surface area contributed by atoms with Gasteiger partial charge in [0.1, 0.15) is 5.82 Å². The molecule has 2 aromatic rings. The number of hydrogen-bond donors (Lipinski definition) is 1. The summed E-state index contributed by atoms with van der Waals surface area (Å²) in [5.41, 5.74) is 3.63. The summed E-state index contributed by atoms with van der Waals surface area (Å²) < 4.78 is 2.14. The van der Waals surface area contributed by atoms with Crippen molar-refractivity contribution in [2.75, 3.05) is 6.54 Å². The molecule has 0 aliphatic rings. The maximum Gasteiger partial charge on any atom is 0.110 e. The van der Waals surface area contributed by atoms with Crippen molar-refractivity contribution >= 4 is 5.52 Å². The van der Waals surface area contributed by atoms with Crippen LogP contribution in [0.1, 0.15) is 24.0 Å². The molecule has 0 fully saturated rings. The summed E-state index contributed by atoms with van der Waals surface area (Å²) >= 11 is 0. The molecule has 0 aromatic carbocycles. The van der Waals surface area contributed by atoms with Gasteiger partial charge in [0.15, 0.2) is 0 Å². The van der Waals surface area contributed by atoms with E-state index in [0.717, 1.165) is 24.6 Å². The fourth-order valence-electron chi connectivity index (χ4n) is 1.79. The van der Waals surface area contributed by atoms with Crippen molar-refractivity contribution in [3.8, 4) is 0 Å². The van der Waals surface area contributed by atoms with Crippen LogP contribution < -0.4 is 5.32 Å². The molecule has 0 bridgehead atoms. The van der Waals surface area contributed by atoms with Crippen LogP contribution in [-0.4, -0.2) is 15.9 Å². The van der Waals surface area contributed by atoms with Gasteiger partial charge >= 0.3 is 0 Å². The van der Waals surface area contributed by atoms with Crippen LogP contribution in [0, 0.1) is 13.8 Å². The average Bonchev–Trinajstić information content (AvgIpc) is 2.52. The van der Waals surface area contributed by atoms with Gasteiger partial charge in [-0.2, -0.15) is 0 Å². The second kappa shape index (κ2) is 4.03. The summed E-state index contributed by atoms with van der Waals surface area (Å²) in [6, 6.07) is 4.30. The second-order valence-corrected chi connectivity index (χ2v) is 3.85. The van der Waals surface area contributed by atoms with Crippen LogP contribution in [-0.2, 0) is 6.54 Å². The van der Waals surface area contributed by atoms with E-state index in [1.54, 1.807) is 0 Å². The molecular formula is C12H17N3. The van der Waals surface area contributed by atoms with Crippen molar-refractivity contribution in [2.45, 2.75) is 27.3 Å². The predicted molar refractivity (Wildman–Crippen MR) is 62.0 cm³/mol. The first-order valence-corrected chi connectivity index (χ1v) is 5.37. The molecule has 0 aliphatic heterocycles. The van der Waals surface area contributed by atoms with Crippen molar-refractivity contribution in [1.82, 2.24) is 14.7 Å². The van der Waals surface area contributed by atoms with Crippen molar-refractivity contribution < 1.29 is 0 Å². The van der Waals surface area contributed by atoms with Gasteiger partial charge in [-0.1, -0.05) is 6.92 Å². The van der Waals surface area contributed by atoms with Crippen molar-refractivity contribution in [2.24, 2.45) is 0 Å². The molecule has 80 valence electrons. The number of aromatic nitrogens is 2. The summed E-state index contributed by atoms with van der Waals surface area (Å²) in [6.45, 7) is 8.08. The molecule has 0 saturated heterocycles. The summed E-state index contributed by atoms with van der Waals surface area (Å²) in [4.78, 5) is 4.57. The van der Waals surface area contributed by atoms with Gasteiger partial charge < -0.3 is 9.72 Å². The zero-order valence-electron chi connectivity index (χ0n) is 9.54. The zero-order chi connectivity index (χ0) is 10.8. The number of nitrogens with zero attached hydrogens (tertiary/aromatic N) is 2. The summed E-state index contributed by atoms with van der Waals surface area (Å²) in [6.07, 6.45) is 2.09. The van der Waals surface area contributed by atoms with E-state index in [1.807, 2.05) is 6.92 Å². The lowest BCUT2D eigenvalue weighted by atomic mass is 10.2. The SMILES string of the molecule is CCNCc1nc(C)n2ccc(C)cc12. The minimum absolute atomic E-state index is 0.845. The highest BCUT2D eigenvalue weighted by Gasteiger charge is 2.06. The van der Waals surface area contributed by atoms with E-state index in [9.17, 15) is 0 Å². The maximum atomic E-state index is 4.57. The first kappa shape index (κ1) is 10.2. The summed E-state index contributed by atoms with van der Waals surface area (Å²) in [5, 5.41) is 3.31. The Morgan fingerprint density at radius 2 is 2.20 bits per heavy atom. The Balaban J connectivity index is 2.49. The fraction of sp³-hybridized carbons (Fsp3) is 0.417. The Labute approximate surface area is 90.1 Å². The van der Waals surface area contributed by atoms with Gasteiger partial charge in [-0.3, -0.25) is 0 Å². The third-order valence-corrected chi connectivity index (χ3v) is 2.59. The first-order chi connectivity index (χ1) is 7.22. The first-order valence-electron chi connectivity index (χ1n) is 5.37. The van der Waals surface area contributed by atoms with E-state index in [1.165, 1.54) is 11.1 Å². The smallest absolute Gasteiger partial charge is 0.110 e. The Bertz CT molecular complexity index is 471. The minimum atomic E-state index is 0.845. The number of hydrogen-bond acceptors (Lipinski definition) is 2. The minimum Gasteiger partial charge on any atom is -0.311 e. The average molecular weight is 203 g/mol. The highest BCUT2D eigenvalue weighted by Crippen LogP contribution is 2.14. The quantitative estimate of drug-likeness (QED) is 0.827. The van der Waals surface area contributed by atoms with E-state index in [0.29, 0.717) is 0 Å². The molecule has 1 N–H and O–H groups in total. The van der Waals surface area contributed by atoms with E-state index in [2.05, 4.69) is 46.9 Å². The predicted octanol–water partition coefficient (Wildman–Crippen LogP) is 2.06. The van der Waals surface area contributed by atoms with Crippen molar-refractivity contribution in [3.63, 3.8) is 0 Å². The maximum absolute atomic E-state index is 4.57. The molecule has 0 amide bonds. The van der Waals surface area contributed by atoms with Crippen LogP contribution in [0.5, 0.6) is 0 Å². The molecule has 2 rings (SSSR count). The Kier molecular flexibility index (Phi) is 2.73. The molecule has 0 spiro atoms. The van der Waals surface area contributed by atoms with Gasteiger partial charge in [0.2, 0.25) is 0 Å². The van der Waals surface area contributed by atoms with E-state index < -0.39 is 0 Å². The molecule has 3 nitrogen and oxygen atoms in total. The molecular weight excluding hydrogens is 186 g/mol. The molecule has 3 heteroatoms. The highest BCUT2D eigenvalue weighted by molar-refractivity contribution is 5.54. The van der Waals surface area contributed by atoms with Gasteiger partial charge in [-0.15, -0.1) is 0 Å². The largest absolute Gasteiger partial charge is 0.311 e. The number of nitrogens with one attached hydrogen (secondary N) is 1. The highest BCUT2D eigenvalue weighted by atomic mass is 15.0. The van der Waals surface area contributed by atoms with Gasteiger partial charge in [0, 0.05) is 12.7 Å². The topological polar surface area (TPSA) is 29.3 Å². The standard InChI is InChI=1S/C12H17N3/c1-4-13-8-11-12-7-9(2)5-6-15(12)10(3)14-11/h5-7,13H,4,8H2,1-3H3. The normalized spacial score (nSPS) is 11.1. The van der Waals surface area contributed by atoms with Crippen LogP contribution in [0.15, 0.2) is 18.3 Å².